The molecule has 5 rings (SSSR count). The molecule has 0 radical (unpaired) electrons. The largest absolute Gasteiger partial charge is 0.422 e. The molecule has 4 aliphatic rings. The summed E-state index contributed by atoms with van der Waals surface area (Å²) in [5.41, 5.74) is 0. The van der Waals surface area contributed by atoms with Gasteiger partial charge in [-0.15, -0.1) is 10.2 Å². The fourth-order valence-corrected chi connectivity index (χ4v) is 4.37. The highest BCUT2D eigenvalue weighted by Crippen LogP contribution is 2.43. The summed E-state index contributed by atoms with van der Waals surface area (Å²) in [5, 5.41) is 8.46. The van der Waals surface area contributed by atoms with Crippen molar-refractivity contribution < 1.29 is 13.9 Å². The van der Waals surface area contributed by atoms with E-state index in [0.717, 1.165) is 44.9 Å². The molecule has 0 spiro atoms. The molecule has 126 valence electrons. The molecule has 0 bridgehead atoms. The Kier molecular flexibility index (Phi) is 3.64. The Morgan fingerprint density at radius 2 is 1.78 bits per heavy atom. The second-order valence-electron chi connectivity index (χ2n) is 7.54. The average molecular weight is 319 g/mol. The van der Waals surface area contributed by atoms with E-state index >= 15 is 0 Å². The van der Waals surface area contributed by atoms with Crippen molar-refractivity contribution in [2.75, 3.05) is 26.3 Å². The van der Waals surface area contributed by atoms with Gasteiger partial charge in [-0.05, 0) is 51.0 Å². The molecule has 1 saturated carbocycles. The Balaban J connectivity index is 1.23. The van der Waals surface area contributed by atoms with E-state index in [0.29, 0.717) is 29.9 Å². The molecule has 6 heteroatoms. The molecule has 4 heterocycles. The third-order valence-electron chi connectivity index (χ3n) is 5.95. The van der Waals surface area contributed by atoms with Crippen molar-refractivity contribution in [1.82, 2.24) is 15.1 Å². The summed E-state index contributed by atoms with van der Waals surface area (Å²) in [7, 11) is 0. The van der Waals surface area contributed by atoms with Crippen molar-refractivity contribution in [1.29, 1.82) is 0 Å². The van der Waals surface area contributed by atoms with Gasteiger partial charge in [0.25, 0.3) is 0 Å². The van der Waals surface area contributed by atoms with Gasteiger partial charge in [0.05, 0.1) is 6.10 Å². The molecule has 1 aromatic heterocycles. The zero-order chi connectivity index (χ0) is 15.2. The Bertz CT molecular complexity index is 553. The van der Waals surface area contributed by atoms with E-state index in [1.54, 1.807) is 0 Å². The molecular weight excluding hydrogens is 294 g/mol. The Morgan fingerprint density at radius 3 is 2.61 bits per heavy atom. The monoisotopic (exact) mass is 319 g/mol. The second kappa shape index (κ2) is 5.83. The molecule has 0 amide bonds. The van der Waals surface area contributed by atoms with Crippen LogP contribution in [-0.4, -0.2) is 53.5 Å². The molecular formula is C17H25N3O3. The van der Waals surface area contributed by atoms with E-state index in [2.05, 4.69) is 15.1 Å². The SMILES string of the molecule is C1CC(N2CC[C@@H]3C[C@@H](c4nnc(C5CC5)o4)O[C@H]3C2)CCO1. The van der Waals surface area contributed by atoms with Crippen molar-refractivity contribution in [3.8, 4) is 0 Å². The van der Waals surface area contributed by atoms with Crippen molar-refractivity contribution in [3.05, 3.63) is 11.8 Å². The summed E-state index contributed by atoms with van der Waals surface area (Å²) in [6, 6.07) is 0.678. The van der Waals surface area contributed by atoms with Crippen molar-refractivity contribution in [3.63, 3.8) is 0 Å². The Morgan fingerprint density at radius 1 is 0.957 bits per heavy atom. The molecule has 23 heavy (non-hydrogen) atoms. The van der Waals surface area contributed by atoms with Crippen LogP contribution in [0, 0.1) is 5.92 Å². The van der Waals surface area contributed by atoms with Crippen molar-refractivity contribution in [2.45, 2.75) is 62.7 Å². The molecule has 0 aromatic carbocycles. The van der Waals surface area contributed by atoms with Crippen molar-refractivity contribution in [2.24, 2.45) is 5.92 Å². The van der Waals surface area contributed by atoms with Crippen LogP contribution in [0.5, 0.6) is 0 Å². The minimum atomic E-state index is 0.0136. The number of hydrogen-bond acceptors (Lipinski definition) is 6. The number of rotatable bonds is 3. The zero-order valence-electron chi connectivity index (χ0n) is 13.5. The van der Waals surface area contributed by atoms with Crippen LogP contribution < -0.4 is 0 Å². The summed E-state index contributed by atoms with van der Waals surface area (Å²) >= 11 is 0. The Hall–Kier alpha value is -0.980. The van der Waals surface area contributed by atoms with Crippen LogP contribution in [0.25, 0.3) is 0 Å². The van der Waals surface area contributed by atoms with Gasteiger partial charge in [0, 0.05) is 31.7 Å². The number of nitrogens with zero attached hydrogens (tertiary/aromatic N) is 3. The van der Waals surface area contributed by atoms with Crippen LogP contribution in [0.2, 0.25) is 0 Å². The van der Waals surface area contributed by atoms with Gasteiger partial charge in [-0.3, -0.25) is 4.90 Å². The minimum absolute atomic E-state index is 0.0136. The predicted octanol–water partition coefficient (Wildman–Crippen LogP) is 2.28. The predicted molar refractivity (Wildman–Crippen MR) is 82.0 cm³/mol. The van der Waals surface area contributed by atoms with E-state index in [9.17, 15) is 0 Å². The van der Waals surface area contributed by atoms with Crippen molar-refractivity contribution >= 4 is 0 Å². The number of piperidine rings is 1. The van der Waals surface area contributed by atoms with Gasteiger partial charge in [-0.25, -0.2) is 0 Å². The standard InChI is InChI=1S/C17H25N3O3/c1-2-11(1)16-18-19-17(23-16)14-9-12-3-6-20(10-15(12)22-14)13-4-7-21-8-5-13/h11-15H,1-10H2/t12-,14+,15+/m1/s1. The van der Waals surface area contributed by atoms with E-state index < -0.39 is 0 Å². The number of hydrogen-bond donors (Lipinski definition) is 0. The Labute approximate surface area is 136 Å². The van der Waals surface area contributed by atoms with Gasteiger partial charge in [-0.1, -0.05) is 0 Å². The third kappa shape index (κ3) is 2.81. The summed E-state index contributed by atoms with van der Waals surface area (Å²) in [5.74, 6) is 2.69. The highest BCUT2D eigenvalue weighted by Gasteiger charge is 2.43. The first-order valence-electron chi connectivity index (χ1n) is 9.17. The van der Waals surface area contributed by atoms with Gasteiger partial charge < -0.3 is 13.9 Å². The summed E-state index contributed by atoms with van der Waals surface area (Å²) in [6.45, 7) is 4.06. The average Bonchev–Trinajstić information content (AvgIpc) is 3.18. The first-order valence-corrected chi connectivity index (χ1v) is 9.17. The highest BCUT2D eigenvalue weighted by atomic mass is 16.5. The molecule has 3 aliphatic heterocycles. The number of ether oxygens (including phenoxy) is 2. The molecule has 3 saturated heterocycles. The maximum Gasteiger partial charge on any atom is 0.245 e. The molecule has 4 fully saturated rings. The van der Waals surface area contributed by atoms with Crippen LogP contribution >= 0.6 is 0 Å². The maximum absolute atomic E-state index is 6.32. The van der Waals surface area contributed by atoms with Crippen LogP contribution in [0.3, 0.4) is 0 Å². The van der Waals surface area contributed by atoms with Crippen LogP contribution in [0.1, 0.15) is 62.3 Å². The lowest BCUT2D eigenvalue weighted by atomic mass is 9.90. The number of likely N-dealkylation sites (tertiary alicyclic amines) is 1. The molecule has 0 N–H and O–H groups in total. The first-order chi connectivity index (χ1) is 11.4. The highest BCUT2D eigenvalue weighted by molar-refractivity contribution is 5.03. The van der Waals surface area contributed by atoms with E-state index in [-0.39, 0.29) is 6.10 Å². The molecule has 0 unspecified atom stereocenters. The first kappa shape index (κ1) is 14.4. The maximum atomic E-state index is 6.32. The van der Waals surface area contributed by atoms with E-state index in [1.165, 1.54) is 25.8 Å². The molecule has 3 atom stereocenters. The van der Waals surface area contributed by atoms with Crippen LogP contribution in [0.4, 0.5) is 0 Å². The van der Waals surface area contributed by atoms with Crippen LogP contribution in [0.15, 0.2) is 4.42 Å². The van der Waals surface area contributed by atoms with Gasteiger partial charge in [0.15, 0.2) is 0 Å². The fraction of sp³-hybridized carbons (Fsp3) is 0.882. The third-order valence-corrected chi connectivity index (χ3v) is 5.95. The molecule has 1 aliphatic carbocycles. The van der Waals surface area contributed by atoms with Gasteiger partial charge in [-0.2, -0.15) is 0 Å². The van der Waals surface area contributed by atoms with E-state index in [1.807, 2.05) is 0 Å². The van der Waals surface area contributed by atoms with Crippen LogP contribution in [-0.2, 0) is 9.47 Å². The fourth-order valence-electron chi connectivity index (χ4n) is 4.37. The summed E-state index contributed by atoms with van der Waals surface area (Å²) in [4.78, 5) is 2.62. The lowest BCUT2D eigenvalue weighted by molar-refractivity contribution is -0.0428. The topological polar surface area (TPSA) is 60.6 Å². The molecule has 6 nitrogen and oxygen atoms in total. The number of aromatic nitrogens is 2. The quantitative estimate of drug-likeness (QED) is 0.852. The van der Waals surface area contributed by atoms with E-state index in [4.69, 9.17) is 13.9 Å². The smallest absolute Gasteiger partial charge is 0.245 e. The molecule has 1 aromatic rings. The summed E-state index contributed by atoms with van der Waals surface area (Å²) in [6.07, 6.45) is 7.31. The summed E-state index contributed by atoms with van der Waals surface area (Å²) < 4.78 is 17.7. The zero-order valence-corrected chi connectivity index (χ0v) is 13.5. The van der Waals surface area contributed by atoms with Gasteiger partial charge in [0.2, 0.25) is 11.8 Å². The number of fused-ring (bicyclic) bond motifs is 1. The van der Waals surface area contributed by atoms with Gasteiger partial charge in [0.1, 0.15) is 6.10 Å². The minimum Gasteiger partial charge on any atom is -0.422 e. The lowest BCUT2D eigenvalue weighted by Gasteiger charge is -2.40. The van der Waals surface area contributed by atoms with Gasteiger partial charge >= 0.3 is 0 Å². The normalized spacial score (nSPS) is 36.3. The lowest BCUT2D eigenvalue weighted by Crippen LogP contribution is -2.49. The second-order valence-corrected chi connectivity index (χ2v) is 7.54.